The summed E-state index contributed by atoms with van der Waals surface area (Å²) in [5.74, 6) is 0.646. The van der Waals surface area contributed by atoms with Crippen LogP contribution >= 0.6 is 11.3 Å². The van der Waals surface area contributed by atoms with E-state index < -0.39 is 0 Å². The number of anilines is 1. The summed E-state index contributed by atoms with van der Waals surface area (Å²) in [5.41, 5.74) is -0.324. The van der Waals surface area contributed by atoms with Gasteiger partial charge in [-0.1, -0.05) is 6.92 Å². The van der Waals surface area contributed by atoms with Crippen molar-refractivity contribution in [3.05, 3.63) is 28.8 Å². The van der Waals surface area contributed by atoms with Crippen molar-refractivity contribution in [3.8, 4) is 0 Å². The summed E-state index contributed by atoms with van der Waals surface area (Å²) < 4.78 is 1.80. The van der Waals surface area contributed by atoms with Crippen LogP contribution in [0.4, 0.5) is 5.82 Å². The van der Waals surface area contributed by atoms with E-state index in [0.29, 0.717) is 0 Å². The number of thiazole rings is 1. The molecule has 0 radical (unpaired) electrons. The lowest BCUT2D eigenvalue weighted by molar-refractivity contribution is -0.115. The van der Waals surface area contributed by atoms with Crippen molar-refractivity contribution in [3.63, 3.8) is 0 Å². The fraction of sp³-hybridized carbons (Fsp3) is 0.500. The number of aromatic nitrogens is 3. The van der Waals surface area contributed by atoms with Crippen LogP contribution in [0.1, 0.15) is 32.2 Å². The van der Waals surface area contributed by atoms with Gasteiger partial charge in [0.25, 0.3) is 0 Å². The predicted octanol–water partition coefficient (Wildman–Crippen LogP) is 2.21. The summed E-state index contributed by atoms with van der Waals surface area (Å²) in [5, 5.41) is 13.2. The number of amides is 1. The SMILES string of the molecule is CCCn1nccc1NC(=O)CNC(C)(C)c1nccs1. The van der Waals surface area contributed by atoms with Gasteiger partial charge in [0.15, 0.2) is 0 Å². The summed E-state index contributed by atoms with van der Waals surface area (Å²) in [6.45, 7) is 7.12. The van der Waals surface area contributed by atoms with Gasteiger partial charge in [-0.3, -0.25) is 10.1 Å². The second kappa shape index (κ2) is 6.82. The third kappa shape index (κ3) is 4.12. The van der Waals surface area contributed by atoms with Crippen molar-refractivity contribution in [1.29, 1.82) is 0 Å². The van der Waals surface area contributed by atoms with Crippen LogP contribution in [0.25, 0.3) is 0 Å². The van der Waals surface area contributed by atoms with Gasteiger partial charge in [0, 0.05) is 24.2 Å². The van der Waals surface area contributed by atoms with Gasteiger partial charge in [-0.15, -0.1) is 11.3 Å². The first-order chi connectivity index (χ1) is 10.0. The summed E-state index contributed by atoms with van der Waals surface area (Å²) in [6.07, 6.45) is 4.44. The highest BCUT2D eigenvalue weighted by molar-refractivity contribution is 7.09. The number of carbonyl (C=O) groups is 1. The van der Waals surface area contributed by atoms with Gasteiger partial charge >= 0.3 is 0 Å². The molecule has 7 heteroatoms. The molecule has 0 aliphatic heterocycles. The third-order valence-corrected chi connectivity index (χ3v) is 4.17. The van der Waals surface area contributed by atoms with Crippen LogP contribution in [0.3, 0.4) is 0 Å². The summed E-state index contributed by atoms with van der Waals surface area (Å²) >= 11 is 1.58. The lowest BCUT2D eigenvalue weighted by Crippen LogP contribution is -2.41. The topological polar surface area (TPSA) is 71.8 Å². The highest BCUT2D eigenvalue weighted by Gasteiger charge is 2.23. The van der Waals surface area contributed by atoms with E-state index in [2.05, 4.69) is 27.6 Å². The maximum Gasteiger partial charge on any atom is 0.239 e. The number of nitrogens with one attached hydrogen (secondary N) is 2. The zero-order chi connectivity index (χ0) is 15.3. The Hall–Kier alpha value is -1.73. The molecule has 0 aliphatic carbocycles. The number of nitrogens with zero attached hydrogens (tertiary/aromatic N) is 3. The van der Waals surface area contributed by atoms with E-state index >= 15 is 0 Å². The van der Waals surface area contributed by atoms with E-state index in [1.165, 1.54) is 0 Å². The first-order valence-electron chi connectivity index (χ1n) is 6.99. The van der Waals surface area contributed by atoms with Crippen LogP contribution in [0, 0.1) is 0 Å². The first-order valence-corrected chi connectivity index (χ1v) is 7.87. The molecule has 1 amide bonds. The van der Waals surface area contributed by atoms with E-state index in [1.807, 2.05) is 19.2 Å². The fourth-order valence-corrected chi connectivity index (χ4v) is 2.66. The maximum absolute atomic E-state index is 12.1. The van der Waals surface area contributed by atoms with Crippen molar-refractivity contribution in [1.82, 2.24) is 20.1 Å². The minimum atomic E-state index is -0.324. The molecule has 0 bridgehead atoms. The molecule has 2 aromatic rings. The van der Waals surface area contributed by atoms with Gasteiger partial charge in [0.05, 0.1) is 18.3 Å². The Labute approximate surface area is 128 Å². The molecule has 0 spiro atoms. The Balaban J connectivity index is 1.89. The lowest BCUT2D eigenvalue weighted by Gasteiger charge is -2.23. The Morgan fingerprint density at radius 3 is 2.90 bits per heavy atom. The molecular weight excluding hydrogens is 286 g/mol. The Morgan fingerprint density at radius 2 is 2.24 bits per heavy atom. The molecule has 0 saturated carbocycles. The van der Waals surface area contributed by atoms with Gasteiger partial charge in [-0.2, -0.15) is 5.10 Å². The van der Waals surface area contributed by atoms with E-state index in [-0.39, 0.29) is 18.0 Å². The molecule has 2 heterocycles. The van der Waals surface area contributed by atoms with Crippen LogP contribution in [-0.4, -0.2) is 27.2 Å². The van der Waals surface area contributed by atoms with Crippen molar-refractivity contribution in [2.75, 3.05) is 11.9 Å². The molecule has 0 aromatic carbocycles. The molecule has 2 N–H and O–H groups in total. The average Bonchev–Trinajstić information content (AvgIpc) is 3.10. The van der Waals surface area contributed by atoms with Gasteiger partial charge in [-0.25, -0.2) is 9.67 Å². The van der Waals surface area contributed by atoms with Gasteiger partial charge in [-0.05, 0) is 20.3 Å². The quantitative estimate of drug-likeness (QED) is 0.822. The minimum absolute atomic E-state index is 0.0857. The molecule has 0 atom stereocenters. The third-order valence-electron chi connectivity index (χ3n) is 3.08. The van der Waals surface area contributed by atoms with Crippen LogP contribution in [0.15, 0.2) is 23.8 Å². The smallest absolute Gasteiger partial charge is 0.239 e. The Kier molecular flexibility index (Phi) is 5.08. The normalized spacial score (nSPS) is 11.6. The van der Waals surface area contributed by atoms with Crippen LogP contribution in [-0.2, 0) is 16.9 Å². The first kappa shape index (κ1) is 15.7. The second-order valence-electron chi connectivity index (χ2n) is 5.30. The molecule has 0 unspecified atom stereocenters. The average molecular weight is 307 g/mol. The molecule has 0 saturated heterocycles. The van der Waals surface area contributed by atoms with Crippen LogP contribution < -0.4 is 10.6 Å². The van der Waals surface area contributed by atoms with Crippen LogP contribution in [0.2, 0.25) is 0 Å². The molecular formula is C14H21N5OS. The Bertz CT molecular complexity index is 576. The zero-order valence-electron chi connectivity index (χ0n) is 12.6. The van der Waals surface area contributed by atoms with Crippen molar-refractivity contribution < 1.29 is 4.79 Å². The Morgan fingerprint density at radius 1 is 1.43 bits per heavy atom. The van der Waals surface area contributed by atoms with E-state index in [1.54, 1.807) is 34.5 Å². The monoisotopic (exact) mass is 307 g/mol. The van der Waals surface area contributed by atoms with Crippen molar-refractivity contribution in [2.45, 2.75) is 39.3 Å². The van der Waals surface area contributed by atoms with Crippen molar-refractivity contribution in [2.24, 2.45) is 0 Å². The maximum atomic E-state index is 12.1. The number of hydrogen-bond donors (Lipinski definition) is 2. The van der Waals surface area contributed by atoms with Gasteiger partial charge in [0.1, 0.15) is 10.8 Å². The molecule has 6 nitrogen and oxygen atoms in total. The molecule has 2 aromatic heterocycles. The van der Waals surface area contributed by atoms with Crippen molar-refractivity contribution >= 4 is 23.1 Å². The predicted molar refractivity (Wildman–Crippen MR) is 84.3 cm³/mol. The standard InChI is InChI=1S/C14H21N5OS/c1-4-8-19-11(5-6-17-19)18-12(20)10-16-14(2,3)13-15-7-9-21-13/h5-7,9,16H,4,8,10H2,1-3H3,(H,18,20). The van der Waals surface area contributed by atoms with Gasteiger partial charge < -0.3 is 5.32 Å². The number of aryl methyl sites for hydroxylation is 1. The lowest BCUT2D eigenvalue weighted by atomic mass is 10.1. The van der Waals surface area contributed by atoms with E-state index in [0.717, 1.165) is 23.8 Å². The molecule has 114 valence electrons. The zero-order valence-corrected chi connectivity index (χ0v) is 13.4. The highest BCUT2D eigenvalue weighted by Crippen LogP contribution is 2.21. The number of carbonyl (C=O) groups excluding carboxylic acids is 1. The summed E-state index contributed by atoms with van der Waals surface area (Å²) in [7, 11) is 0. The van der Waals surface area contributed by atoms with Crippen LogP contribution in [0.5, 0.6) is 0 Å². The number of rotatable bonds is 7. The summed E-state index contributed by atoms with van der Waals surface area (Å²) in [6, 6.07) is 1.81. The molecule has 0 aliphatic rings. The van der Waals surface area contributed by atoms with E-state index in [4.69, 9.17) is 0 Å². The second-order valence-corrected chi connectivity index (χ2v) is 6.20. The fourth-order valence-electron chi connectivity index (χ4n) is 1.92. The van der Waals surface area contributed by atoms with E-state index in [9.17, 15) is 4.79 Å². The molecule has 2 rings (SSSR count). The minimum Gasteiger partial charge on any atom is -0.310 e. The number of hydrogen-bond acceptors (Lipinski definition) is 5. The largest absolute Gasteiger partial charge is 0.310 e. The van der Waals surface area contributed by atoms with Gasteiger partial charge in [0.2, 0.25) is 5.91 Å². The summed E-state index contributed by atoms with van der Waals surface area (Å²) in [4.78, 5) is 16.3. The highest BCUT2D eigenvalue weighted by atomic mass is 32.1. The molecule has 0 fully saturated rings. The molecule has 21 heavy (non-hydrogen) atoms.